The predicted octanol–water partition coefficient (Wildman–Crippen LogP) is 2.90. The Kier molecular flexibility index (Phi) is 2.23. The number of carbonyl (C=O) groups is 1. The Morgan fingerprint density at radius 1 is 1.33 bits per heavy atom. The zero-order valence-electron chi connectivity index (χ0n) is 9.95. The fraction of sp³-hybridized carbons (Fsp3) is 0.308. The van der Waals surface area contributed by atoms with Crippen molar-refractivity contribution in [3.8, 4) is 0 Å². The Morgan fingerprint density at radius 2 is 2.11 bits per heavy atom. The molecular formula is C13H12N2O3. The largest absolute Gasteiger partial charge is 0.351 e. The third kappa shape index (κ3) is 1.37. The Hall–Kier alpha value is -2.17. The maximum absolute atomic E-state index is 11.8. The van der Waals surface area contributed by atoms with Crippen LogP contribution in [0.25, 0.3) is 10.9 Å². The summed E-state index contributed by atoms with van der Waals surface area (Å²) >= 11 is 0. The first-order valence-electron chi connectivity index (χ1n) is 5.91. The molecule has 1 aliphatic carbocycles. The van der Waals surface area contributed by atoms with E-state index in [1.54, 1.807) is 6.07 Å². The van der Waals surface area contributed by atoms with Crippen LogP contribution in [0.2, 0.25) is 0 Å². The summed E-state index contributed by atoms with van der Waals surface area (Å²) in [7, 11) is 0. The second-order valence-electron chi connectivity index (χ2n) is 4.66. The molecule has 0 spiro atoms. The van der Waals surface area contributed by atoms with Crippen LogP contribution < -0.4 is 0 Å². The van der Waals surface area contributed by atoms with Gasteiger partial charge in [-0.1, -0.05) is 6.07 Å². The minimum atomic E-state index is -0.380. The maximum atomic E-state index is 11.8. The van der Waals surface area contributed by atoms with E-state index in [2.05, 4.69) is 4.98 Å². The summed E-state index contributed by atoms with van der Waals surface area (Å²) in [4.78, 5) is 25.6. The Balaban J connectivity index is 2.44. The van der Waals surface area contributed by atoms with Gasteiger partial charge in [-0.15, -0.1) is 0 Å². The fourth-order valence-electron chi connectivity index (χ4n) is 2.68. The molecule has 1 N–H and O–H groups in total. The molecule has 92 valence electrons. The van der Waals surface area contributed by atoms with E-state index in [0.29, 0.717) is 17.5 Å². The summed E-state index contributed by atoms with van der Waals surface area (Å²) in [6.07, 6.45) is 2.02. The number of nitrogens with zero attached hydrogens (tertiary/aromatic N) is 1. The van der Waals surface area contributed by atoms with Crippen LogP contribution in [0.5, 0.6) is 0 Å². The number of Topliss-reactive ketones (excluding diaryl/α,β-unsaturated/α-hetero) is 1. The molecule has 1 aromatic carbocycles. The van der Waals surface area contributed by atoms with E-state index in [9.17, 15) is 14.9 Å². The van der Waals surface area contributed by atoms with E-state index >= 15 is 0 Å². The van der Waals surface area contributed by atoms with Crippen LogP contribution in [0.1, 0.15) is 34.5 Å². The van der Waals surface area contributed by atoms with Crippen LogP contribution in [-0.4, -0.2) is 15.7 Å². The van der Waals surface area contributed by atoms with Crippen molar-refractivity contribution in [2.75, 3.05) is 0 Å². The van der Waals surface area contributed by atoms with Crippen molar-refractivity contribution in [2.45, 2.75) is 26.2 Å². The number of nitrogens with one attached hydrogen (secondary N) is 1. The highest BCUT2D eigenvalue weighted by molar-refractivity contribution is 6.06. The SMILES string of the molecule is Cc1ccc([N+](=O)[O-])c2c3c([nH]c12)C(=O)CCC3. The summed E-state index contributed by atoms with van der Waals surface area (Å²) in [6, 6.07) is 3.23. The van der Waals surface area contributed by atoms with Crippen molar-refractivity contribution in [3.63, 3.8) is 0 Å². The molecule has 0 amide bonds. The van der Waals surface area contributed by atoms with E-state index in [1.165, 1.54) is 6.07 Å². The van der Waals surface area contributed by atoms with Crippen LogP contribution in [0.15, 0.2) is 12.1 Å². The van der Waals surface area contributed by atoms with Crippen LogP contribution in [0.3, 0.4) is 0 Å². The lowest BCUT2D eigenvalue weighted by atomic mass is 9.94. The number of benzene rings is 1. The van der Waals surface area contributed by atoms with Crippen molar-refractivity contribution < 1.29 is 9.72 Å². The average Bonchev–Trinajstić information content (AvgIpc) is 2.71. The van der Waals surface area contributed by atoms with Crippen LogP contribution >= 0.6 is 0 Å². The number of aryl methyl sites for hydroxylation is 2. The number of ketones is 1. The van der Waals surface area contributed by atoms with E-state index < -0.39 is 0 Å². The fourth-order valence-corrected chi connectivity index (χ4v) is 2.68. The lowest BCUT2D eigenvalue weighted by Gasteiger charge is -2.09. The number of aromatic nitrogens is 1. The highest BCUT2D eigenvalue weighted by Gasteiger charge is 2.27. The third-order valence-electron chi connectivity index (χ3n) is 3.55. The third-order valence-corrected chi connectivity index (χ3v) is 3.55. The summed E-state index contributed by atoms with van der Waals surface area (Å²) in [6.45, 7) is 1.89. The van der Waals surface area contributed by atoms with Crippen LogP contribution in [0, 0.1) is 17.0 Å². The molecule has 1 aromatic heterocycles. The summed E-state index contributed by atoms with van der Waals surface area (Å²) in [5.74, 6) is 0.0566. The Labute approximate surface area is 103 Å². The van der Waals surface area contributed by atoms with Gasteiger partial charge in [0.25, 0.3) is 5.69 Å². The van der Waals surface area contributed by atoms with Gasteiger partial charge in [0.15, 0.2) is 5.78 Å². The second kappa shape index (κ2) is 3.66. The van der Waals surface area contributed by atoms with E-state index in [-0.39, 0.29) is 16.4 Å². The van der Waals surface area contributed by atoms with Gasteiger partial charge in [-0.05, 0) is 30.9 Å². The van der Waals surface area contributed by atoms with Crippen molar-refractivity contribution in [1.29, 1.82) is 0 Å². The van der Waals surface area contributed by atoms with Gasteiger partial charge in [-0.3, -0.25) is 14.9 Å². The first kappa shape index (κ1) is 11.0. The van der Waals surface area contributed by atoms with Crippen LogP contribution in [-0.2, 0) is 6.42 Å². The molecule has 1 heterocycles. The molecule has 0 aliphatic heterocycles. The number of nitro benzene ring substituents is 1. The standard InChI is InChI=1S/C13H12N2O3/c1-7-5-6-9(15(17)18)11-8-3-2-4-10(16)13(8)14-12(7)11/h5-6,14H,2-4H2,1H3. The van der Waals surface area contributed by atoms with Crippen molar-refractivity contribution in [2.24, 2.45) is 0 Å². The number of fused-ring (bicyclic) bond motifs is 3. The first-order valence-corrected chi connectivity index (χ1v) is 5.91. The summed E-state index contributed by atoms with van der Waals surface area (Å²) < 4.78 is 0. The minimum absolute atomic E-state index is 0.0566. The van der Waals surface area contributed by atoms with Crippen molar-refractivity contribution >= 4 is 22.4 Å². The lowest BCUT2D eigenvalue weighted by molar-refractivity contribution is -0.383. The van der Waals surface area contributed by atoms with Gasteiger partial charge < -0.3 is 4.98 Å². The number of aromatic amines is 1. The van der Waals surface area contributed by atoms with Gasteiger partial charge in [-0.25, -0.2) is 0 Å². The quantitative estimate of drug-likeness (QED) is 0.619. The first-order chi connectivity index (χ1) is 8.59. The lowest BCUT2D eigenvalue weighted by Crippen LogP contribution is -2.09. The second-order valence-corrected chi connectivity index (χ2v) is 4.66. The average molecular weight is 244 g/mol. The zero-order valence-corrected chi connectivity index (χ0v) is 9.95. The van der Waals surface area contributed by atoms with E-state index in [1.807, 2.05) is 6.92 Å². The van der Waals surface area contributed by atoms with Gasteiger partial charge in [-0.2, -0.15) is 0 Å². The number of non-ortho nitro benzene ring substituents is 1. The molecule has 0 fully saturated rings. The highest BCUT2D eigenvalue weighted by Crippen LogP contribution is 2.36. The monoisotopic (exact) mass is 244 g/mol. The predicted molar refractivity (Wildman–Crippen MR) is 67.0 cm³/mol. The van der Waals surface area contributed by atoms with Gasteiger partial charge in [0.2, 0.25) is 0 Å². The molecule has 0 radical (unpaired) electrons. The number of H-pyrrole nitrogens is 1. The minimum Gasteiger partial charge on any atom is -0.351 e. The zero-order chi connectivity index (χ0) is 12.9. The Bertz CT molecular complexity index is 685. The van der Waals surface area contributed by atoms with Crippen LogP contribution in [0.4, 0.5) is 5.69 Å². The topological polar surface area (TPSA) is 76.0 Å². The molecule has 0 saturated carbocycles. The molecule has 0 unspecified atom stereocenters. The number of hydrogen-bond donors (Lipinski definition) is 1. The number of carbonyl (C=O) groups excluding carboxylic acids is 1. The summed E-state index contributed by atoms with van der Waals surface area (Å²) in [5.41, 5.74) is 3.12. The molecule has 1 aliphatic rings. The van der Waals surface area contributed by atoms with Gasteiger partial charge in [0, 0.05) is 12.5 Å². The van der Waals surface area contributed by atoms with E-state index in [0.717, 1.165) is 29.5 Å². The smallest absolute Gasteiger partial charge is 0.279 e. The molecule has 2 aromatic rings. The molecule has 0 saturated heterocycles. The molecule has 0 bridgehead atoms. The summed E-state index contributed by atoms with van der Waals surface area (Å²) in [5, 5.41) is 11.7. The molecule has 0 atom stereocenters. The van der Waals surface area contributed by atoms with Gasteiger partial charge >= 0.3 is 0 Å². The Morgan fingerprint density at radius 3 is 2.83 bits per heavy atom. The van der Waals surface area contributed by atoms with E-state index in [4.69, 9.17) is 0 Å². The number of rotatable bonds is 1. The molecule has 5 nitrogen and oxygen atoms in total. The van der Waals surface area contributed by atoms with Crippen molar-refractivity contribution in [1.82, 2.24) is 4.98 Å². The molecule has 18 heavy (non-hydrogen) atoms. The highest BCUT2D eigenvalue weighted by atomic mass is 16.6. The van der Waals surface area contributed by atoms with Crippen molar-refractivity contribution in [3.05, 3.63) is 39.1 Å². The number of hydrogen-bond acceptors (Lipinski definition) is 3. The van der Waals surface area contributed by atoms with Gasteiger partial charge in [0.05, 0.1) is 21.5 Å². The molecule has 3 rings (SSSR count). The van der Waals surface area contributed by atoms with Gasteiger partial charge in [0.1, 0.15) is 0 Å². The molecule has 5 heteroatoms. The maximum Gasteiger partial charge on any atom is 0.279 e. The molecular weight excluding hydrogens is 232 g/mol. The number of nitro groups is 1. The normalized spacial score (nSPS) is 14.8.